The van der Waals surface area contributed by atoms with Crippen LogP contribution in [0.1, 0.15) is 11.1 Å². The largest absolute Gasteiger partial charge is 0.378 e. The van der Waals surface area contributed by atoms with E-state index in [1.54, 1.807) is 30.5 Å². The Kier molecular flexibility index (Phi) is 5.25. The number of anilines is 1. The predicted octanol–water partition coefficient (Wildman–Crippen LogP) is 3.13. The summed E-state index contributed by atoms with van der Waals surface area (Å²) in [5, 5.41) is 0.648. The van der Waals surface area contributed by atoms with Crippen LogP contribution in [0.4, 0.5) is 5.69 Å². The Balaban J connectivity index is 1.75. The normalized spacial score (nSPS) is 11.7. The maximum absolute atomic E-state index is 12.7. The molecule has 0 radical (unpaired) electrons. The molecule has 2 aromatic carbocycles. The van der Waals surface area contributed by atoms with Crippen LogP contribution >= 0.6 is 0 Å². The first-order chi connectivity index (χ1) is 12.4. The topological polar surface area (TPSA) is 62.3 Å². The fourth-order valence-corrected chi connectivity index (χ4v) is 4.12. The fraction of sp³-hybridized carbons (Fsp3) is 0.250. The average molecular weight is 369 g/mol. The minimum Gasteiger partial charge on any atom is -0.378 e. The molecule has 3 rings (SSSR count). The van der Waals surface area contributed by atoms with Crippen molar-refractivity contribution in [3.8, 4) is 0 Å². The lowest BCUT2D eigenvalue weighted by Crippen LogP contribution is -2.26. The second kappa shape index (κ2) is 7.43. The van der Waals surface area contributed by atoms with Crippen molar-refractivity contribution in [2.45, 2.75) is 18.2 Å². The number of nitrogens with one attached hydrogen (secondary N) is 1. The molecule has 5 nitrogen and oxygen atoms in total. The number of aromatic nitrogens is 1. The van der Waals surface area contributed by atoms with E-state index < -0.39 is 10.0 Å². The van der Waals surface area contributed by atoms with Crippen LogP contribution in [0.15, 0.2) is 59.6 Å². The maximum Gasteiger partial charge on any atom is 0.241 e. The lowest BCUT2D eigenvalue weighted by molar-refractivity contribution is 0.582. The molecule has 1 aromatic heterocycles. The number of hydrogen-bond donors (Lipinski definition) is 1. The number of fused-ring (bicyclic) bond motifs is 1. The second-order valence-corrected chi connectivity index (χ2v) is 8.22. The van der Waals surface area contributed by atoms with E-state index in [1.165, 1.54) is 0 Å². The van der Waals surface area contributed by atoms with Gasteiger partial charge in [-0.2, -0.15) is 0 Å². The summed E-state index contributed by atoms with van der Waals surface area (Å²) < 4.78 is 28.2. The zero-order valence-electron chi connectivity index (χ0n) is 15.2. The molecule has 0 spiro atoms. The van der Waals surface area contributed by atoms with E-state index in [0.29, 0.717) is 18.4 Å². The summed E-state index contributed by atoms with van der Waals surface area (Å²) in [6.45, 7) is 2.27. The summed E-state index contributed by atoms with van der Waals surface area (Å²) in [6, 6.07) is 15.1. The van der Waals surface area contributed by atoms with Crippen molar-refractivity contribution in [2.75, 3.05) is 25.5 Å². The van der Waals surface area contributed by atoms with Gasteiger partial charge in [-0.15, -0.1) is 0 Å². The lowest BCUT2D eigenvalue weighted by Gasteiger charge is -2.13. The Morgan fingerprint density at radius 1 is 1.04 bits per heavy atom. The summed E-state index contributed by atoms with van der Waals surface area (Å²) in [5.41, 5.74) is 3.89. The molecule has 0 unspecified atom stereocenters. The van der Waals surface area contributed by atoms with E-state index in [0.717, 1.165) is 22.3 Å². The van der Waals surface area contributed by atoms with Gasteiger partial charge < -0.3 is 4.90 Å². The quantitative estimate of drug-likeness (QED) is 0.725. The Hall–Kier alpha value is -2.44. The molecule has 6 heteroatoms. The molecule has 0 saturated heterocycles. The summed E-state index contributed by atoms with van der Waals surface area (Å²) >= 11 is 0. The van der Waals surface area contributed by atoms with Gasteiger partial charge in [0.05, 0.1) is 10.4 Å². The van der Waals surface area contributed by atoms with E-state index in [1.807, 2.05) is 50.2 Å². The molecule has 0 saturated carbocycles. The van der Waals surface area contributed by atoms with Crippen LogP contribution in [0.3, 0.4) is 0 Å². The van der Waals surface area contributed by atoms with Crippen LogP contribution in [0.25, 0.3) is 10.9 Å². The Labute approximate surface area is 154 Å². The Morgan fingerprint density at radius 3 is 2.46 bits per heavy atom. The number of aryl methyl sites for hydroxylation is 1. The van der Waals surface area contributed by atoms with Crippen LogP contribution in [0, 0.1) is 6.92 Å². The number of nitrogens with zero attached hydrogens (tertiary/aromatic N) is 2. The standard InChI is InChI=1S/C20H23N3O2S/c1-15-6-11-19(18-5-4-13-21-20(15)18)26(24,25)22-14-12-16-7-9-17(10-8-16)23(2)3/h4-11,13,22H,12,14H2,1-3H3. The zero-order valence-corrected chi connectivity index (χ0v) is 16.0. The van der Waals surface area contributed by atoms with Gasteiger partial charge in [0, 0.05) is 37.9 Å². The molecule has 3 aromatic rings. The summed E-state index contributed by atoms with van der Waals surface area (Å²) in [4.78, 5) is 6.61. The molecular formula is C20H23N3O2S. The van der Waals surface area contributed by atoms with E-state index in [-0.39, 0.29) is 4.90 Å². The second-order valence-electron chi connectivity index (χ2n) is 6.49. The Bertz CT molecular complexity index is 1010. The summed E-state index contributed by atoms with van der Waals surface area (Å²) in [6.07, 6.45) is 2.31. The smallest absolute Gasteiger partial charge is 0.241 e. The average Bonchev–Trinajstić information content (AvgIpc) is 2.62. The third kappa shape index (κ3) is 3.86. The van der Waals surface area contributed by atoms with Crippen LogP contribution in [-0.2, 0) is 16.4 Å². The van der Waals surface area contributed by atoms with Crippen molar-refractivity contribution in [2.24, 2.45) is 0 Å². The molecule has 0 atom stereocenters. The maximum atomic E-state index is 12.7. The van der Waals surface area contributed by atoms with Gasteiger partial charge in [0.1, 0.15) is 0 Å². The number of rotatable bonds is 6. The first-order valence-electron chi connectivity index (χ1n) is 8.49. The number of benzene rings is 2. The van der Waals surface area contributed by atoms with E-state index in [9.17, 15) is 8.42 Å². The van der Waals surface area contributed by atoms with Crippen molar-refractivity contribution in [3.05, 3.63) is 65.9 Å². The highest BCUT2D eigenvalue weighted by Gasteiger charge is 2.18. The highest BCUT2D eigenvalue weighted by atomic mass is 32.2. The summed E-state index contributed by atoms with van der Waals surface area (Å²) in [7, 11) is 0.386. The predicted molar refractivity (Wildman–Crippen MR) is 106 cm³/mol. The van der Waals surface area contributed by atoms with Crippen LogP contribution in [-0.4, -0.2) is 34.0 Å². The lowest BCUT2D eigenvalue weighted by atomic mass is 10.1. The molecule has 0 aliphatic rings. The number of pyridine rings is 1. The summed E-state index contributed by atoms with van der Waals surface area (Å²) in [5.74, 6) is 0. The van der Waals surface area contributed by atoms with Gasteiger partial charge in [0.15, 0.2) is 0 Å². The van der Waals surface area contributed by atoms with Crippen molar-refractivity contribution in [1.82, 2.24) is 9.71 Å². The molecule has 0 bridgehead atoms. The van der Waals surface area contributed by atoms with Gasteiger partial charge in [-0.3, -0.25) is 4.98 Å². The number of sulfonamides is 1. The molecule has 0 aliphatic carbocycles. The van der Waals surface area contributed by atoms with E-state index in [4.69, 9.17) is 0 Å². The van der Waals surface area contributed by atoms with Crippen molar-refractivity contribution < 1.29 is 8.42 Å². The molecule has 1 heterocycles. The SMILES string of the molecule is Cc1ccc(S(=O)(=O)NCCc2ccc(N(C)C)cc2)c2cccnc12. The minimum absolute atomic E-state index is 0.272. The first-order valence-corrected chi connectivity index (χ1v) is 9.97. The molecule has 0 fully saturated rings. The van der Waals surface area contributed by atoms with Crippen molar-refractivity contribution in [1.29, 1.82) is 0 Å². The third-order valence-electron chi connectivity index (χ3n) is 4.38. The molecule has 26 heavy (non-hydrogen) atoms. The fourth-order valence-electron chi connectivity index (χ4n) is 2.89. The molecule has 0 amide bonds. The molecule has 1 N–H and O–H groups in total. The zero-order chi connectivity index (χ0) is 18.7. The molecular weight excluding hydrogens is 346 g/mol. The van der Waals surface area contributed by atoms with Gasteiger partial charge in [-0.05, 0) is 54.8 Å². The minimum atomic E-state index is -3.59. The van der Waals surface area contributed by atoms with Crippen molar-refractivity contribution >= 4 is 26.6 Å². The number of hydrogen-bond acceptors (Lipinski definition) is 4. The highest BCUT2D eigenvalue weighted by molar-refractivity contribution is 7.89. The van der Waals surface area contributed by atoms with Crippen LogP contribution < -0.4 is 9.62 Å². The van der Waals surface area contributed by atoms with Crippen LogP contribution in [0.5, 0.6) is 0 Å². The van der Waals surface area contributed by atoms with Gasteiger partial charge in [0.25, 0.3) is 0 Å². The van der Waals surface area contributed by atoms with Crippen LogP contribution in [0.2, 0.25) is 0 Å². The first kappa shape index (κ1) is 18.4. The van der Waals surface area contributed by atoms with Gasteiger partial charge in [-0.1, -0.05) is 18.2 Å². The van der Waals surface area contributed by atoms with Crippen molar-refractivity contribution in [3.63, 3.8) is 0 Å². The highest BCUT2D eigenvalue weighted by Crippen LogP contribution is 2.24. The van der Waals surface area contributed by atoms with Gasteiger partial charge in [-0.25, -0.2) is 13.1 Å². The van der Waals surface area contributed by atoms with E-state index >= 15 is 0 Å². The van der Waals surface area contributed by atoms with Gasteiger partial charge >= 0.3 is 0 Å². The Morgan fingerprint density at radius 2 is 1.77 bits per heavy atom. The van der Waals surface area contributed by atoms with E-state index in [2.05, 4.69) is 9.71 Å². The monoisotopic (exact) mass is 369 g/mol. The molecule has 0 aliphatic heterocycles. The molecule has 136 valence electrons. The third-order valence-corrected chi connectivity index (χ3v) is 5.90. The van der Waals surface area contributed by atoms with Gasteiger partial charge in [0.2, 0.25) is 10.0 Å².